The highest BCUT2D eigenvalue weighted by Crippen LogP contribution is 2.26. The fourth-order valence-corrected chi connectivity index (χ4v) is 4.06. The van der Waals surface area contributed by atoms with E-state index >= 15 is 0 Å². The molecule has 0 aliphatic heterocycles. The maximum absolute atomic E-state index is 12.9. The third-order valence-corrected chi connectivity index (χ3v) is 6.20. The first kappa shape index (κ1) is 29.5. The summed E-state index contributed by atoms with van der Waals surface area (Å²) in [6.07, 6.45) is 0.883. The first-order valence-electron chi connectivity index (χ1n) is 12.0. The lowest BCUT2D eigenvalue weighted by Crippen LogP contribution is -2.47. The molecule has 0 saturated carbocycles. The number of ketones is 1. The van der Waals surface area contributed by atoms with Crippen molar-refractivity contribution in [1.29, 1.82) is 0 Å². The van der Waals surface area contributed by atoms with E-state index in [0.29, 0.717) is 18.2 Å². The molecule has 1 unspecified atom stereocenters. The number of hydrogen-bond acceptors (Lipinski definition) is 11. The largest absolute Gasteiger partial charge is 0.481 e. The molecule has 0 bridgehead atoms. The minimum atomic E-state index is -1.86. The molecule has 3 atom stereocenters. The molecule has 1 amide bonds. The van der Waals surface area contributed by atoms with Crippen molar-refractivity contribution < 1.29 is 43.7 Å². The van der Waals surface area contributed by atoms with Gasteiger partial charge in [-0.25, -0.2) is 0 Å². The predicted octanol–water partition coefficient (Wildman–Crippen LogP) is 0.208. The summed E-state index contributed by atoms with van der Waals surface area (Å²) >= 11 is 0. The summed E-state index contributed by atoms with van der Waals surface area (Å²) in [5, 5.41) is 30.4. The zero-order valence-corrected chi connectivity index (χ0v) is 21.1. The van der Waals surface area contributed by atoms with Crippen LogP contribution in [0.2, 0.25) is 0 Å². The number of nitrogens with two attached hydrogens (primary N) is 3. The van der Waals surface area contributed by atoms with Gasteiger partial charge in [-0.1, -0.05) is 12.1 Å². The number of fused-ring (bicyclic) bond motifs is 1. The fourth-order valence-electron chi connectivity index (χ4n) is 4.06. The highest BCUT2D eigenvalue weighted by atomic mass is 16.4. The Kier molecular flexibility index (Phi) is 9.34. The van der Waals surface area contributed by atoms with Crippen molar-refractivity contribution in [1.82, 2.24) is 15.3 Å². The Morgan fingerprint density at radius 3 is 2.23 bits per heavy atom. The Balaban J connectivity index is 1.70. The lowest BCUT2D eigenvalue weighted by Gasteiger charge is -2.22. The highest BCUT2D eigenvalue weighted by molar-refractivity contribution is 6.04. The number of amides is 1. The molecule has 0 radical (unpaired) electrons. The molecule has 0 aliphatic carbocycles. The van der Waals surface area contributed by atoms with Crippen LogP contribution in [-0.4, -0.2) is 67.0 Å². The van der Waals surface area contributed by atoms with Gasteiger partial charge in [0.25, 0.3) is 5.91 Å². The number of carbonyl (C=O) groups is 5. The number of carboxylic acid groups (broad SMARTS) is 3. The Morgan fingerprint density at radius 2 is 1.62 bits per heavy atom. The number of nitrogens with one attached hydrogen (secondary N) is 1. The maximum Gasteiger partial charge on any atom is 0.320 e. The lowest BCUT2D eigenvalue weighted by molar-refractivity contribution is -0.148. The molecule has 3 rings (SSSR count). The number of hydrogen-bond donors (Lipinski definition) is 7. The fraction of sp³-hybridized carbons (Fsp3) is 0.320. The summed E-state index contributed by atoms with van der Waals surface area (Å²) in [5.74, 6) is -7.88. The quantitative estimate of drug-likeness (QED) is 0.131. The predicted molar refractivity (Wildman–Crippen MR) is 139 cm³/mol. The van der Waals surface area contributed by atoms with Crippen molar-refractivity contribution in [2.75, 3.05) is 11.5 Å². The smallest absolute Gasteiger partial charge is 0.320 e. The van der Waals surface area contributed by atoms with Crippen LogP contribution < -0.4 is 22.5 Å². The molecule has 40 heavy (non-hydrogen) atoms. The van der Waals surface area contributed by atoms with Crippen LogP contribution in [0.4, 0.5) is 11.8 Å². The number of furan rings is 1. The number of anilines is 2. The summed E-state index contributed by atoms with van der Waals surface area (Å²) in [5.41, 5.74) is 18.9. The Hall–Kier alpha value is -5.05. The molecule has 0 saturated heterocycles. The van der Waals surface area contributed by atoms with Gasteiger partial charge in [0, 0.05) is 17.5 Å². The van der Waals surface area contributed by atoms with E-state index in [0.717, 1.165) is 11.1 Å². The van der Waals surface area contributed by atoms with Crippen LogP contribution in [0.1, 0.15) is 40.7 Å². The van der Waals surface area contributed by atoms with Gasteiger partial charge in [-0.3, -0.25) is 24.0 Å². The van der Waals surface area contributed by atoms with Crippen molar-refractivity contribution in [2.45, 2.75) is 44.2 Å². The molecule has 0 aliphatic rings. The summed E-state index contributed by atoms with van der Waals surface area (Å²) in [7, 11) is 0. The minimum absolute atomic E-state index is 0.00557. The van der Waals surface area contributed by atoms with E-state index in [-0.39, 0.29) is 23.0 Å². The van der Waals surface area contributed by atoms with Crippen LogP contribution in [0.15, 0.2) is 34.9 Å². The van der Waals surface area contributed by atoms with Gasteiger partial charge in [0.1, 0.15) is 17.8 Å². The maximum atomic E-state index is 12.9. The number of nitrogens with zero attached hydrogens (tertiary/aromatic N) is 2. The number of aryl methyl sites for hydroxylation is 2. The van der Waals surface area contributed by atoms with Gasteiger partial charge in [0.05, 0.1) is 17.7 Å². The van der Waals surface area contributed by atoms with Gasteiger partial charge in [0.2, 0.25) is 11.7 Å². The molecular weight excluding hydrogens is 528 g/mol. The number of benzene rings is 1. The zero-order chi connectivity index (χ0) is 29.6. The average molecular weight is 557 g/mol. The van der Waals surface area contributed by atoms with Gasteiger partial charge in [0.15, 0.2) is 5.78 Å². The molecule has 2 heterocycles. The Labute approximate surface area is 226 Å². The SMILES string of the molecule is Nc1nc(N)c2c(CCc3ccc(C(=O)N[C@@H](CCC(=O)O)C(=O)C(C[C@H](N)C(=O)O)C(=O)O)cc3)coc2n1. The van der Waals surface area contributed by atoms with Crippen molar-refractivity contribution in [2.24, 2.45) is 11.7 Å². The van der Waals surface area contributed by atoms with Crippen LogP contribution in [0.5, 0.6) is 0 Å². The number of aromatic nitrogens is 2. The van der Waals surface area contributed by atoms with Gasteiger partial charge >= 0.3 is 17.9 Å². The van der Waals surface area contributed by atoms with Crippen molar-refractivity contribution in [3.05, 3.63) is 47.2 Å². The second kappa shape index (κ2) is 12.7. The van der Waals surface area contributed by atoms with Crippen LogP contribution >= 0.6 is 0 Å². The summed E-state index contributed by atoms with van der Waals surface area (Å²) in [6, 6.07) is 3.19. The standard InChI is InChI=1S/C25H28N6O9/c26-15(24(38)39)9-14(23(36)37)19(34)16(7-8-17(32)33)29-21(35)12-4-1-11(2-5-12)3-6-13-10-40-22-18(13)20(27)30-25(28)31-22/h1-2,4-5,10,14-16H,3,6-9,26H2,(H,29,35)(H,32,33)(H,36,37)(H,38,39)(H4,27,28,30,31)/t14?,15-,16-/m0/s1. The zero-order valence-electron chi connectivity index (χ0n) is 21.1. The number of rotatable bonds is 14. The minimum Gasteiger partial charge on any atom is -0.481 e. The second-order valence-corrected chi connectivity index (χ2v) is 9.04. The van der Waals surface area contributed by atoms with E-state index in [1.165, 1.54) is 18.4 Å². The second-order valence-electron chi connectivity index (χ2n) is 9.04. The van der Waals surface area contributed by atoms with Crippen molar-refractivity contribution >= 4 is 52.5 Å². The van der Waals surface area contributed by atoms with Crippen molar-refractivity contribution in [3.8, 4) is 0 Å². The molecule has 3 aromatic rings. The Morgan fingerprint density at radius 1 is 0.950 bits per heavy atom. The van der Waals surface area contributed by atoms with Gasteiger partial charge in [-0.2, -0.15) is 9.97 Å². The van der Waals surface area contributed by atoms with E-state index in [9.17, 15) is 29.1 Å². The van der Waals surface area contributed by atoms with Gasteiger partial charge < -0.3 is 42.3 Å². The molecule has 1 aromatic carbocycles. The molecule has 212 valence electrons. The molecule has 15 nitrogen and oxygen atoms in total. The van der Waals surface area contributed by atoms with Gasteiger partial charge in [-0.05, 0) is 43.4 Å². The monoisotopic (exact) mass is 556 g/mol. The molecule has 15 heteroatoms. The van der Waals surface area contributed by atoms with E-state index < -0.39 is 66.9 Å². The van der Waals surface area contributed by atoms with Crippen LogP contribution in [0.25, 0.3) is 11.1 Å². The molecule has 2 aromatic heterocycles. The summed E-state index contributed by atoms with van der Waals surface area (Å²) < 4.78 is 5.40. The Bertz CT molecular complexity index is 1440. The van der Waals surface area contributed by atoms with E-state index in [1.54, 1.807) is 12.1 Å². The topological polar surface area (TPSA) is 275 Å². The van der Waals surface area contributed by atoms with Crippen LogP contribution in [-0.2, 0) is 32.0 Å². The molecule has 10 N–H and O–H groups in total. The molecule has 0 fully saturated rings. The van der Waals surface area contributed by atoms with E-state index in [4.69, 9.17) is 31.8 Å². The molecule has 0 spiro atoms. The average Bonchev–Trinajstić information content (AvgIpc) is 3.30. The van der Waals surface area contributed by atoms with E-state index in [1.807, 2.05) is 0 Å². The number of nitrogen functional groups attached to an aromatic ring is 2. The number of Topliss-reactive ketones (excluding diaryl/α,β-unsaturated/α-hetero) is 1. The normalized spacial score (nSPS) is 13.3. The van der Waals surface area contributed by atoms with Crippen LogP contribution in [0.3, 0.4) is 0 Å². The van der Waals surface area contributed by atoms with Crippen molar-refractivity contribution in [3.63, 3.8) is 0 Å². The number of carbonyl (C=O) groups excluding carboxylic acids is 2. The third-order valence-electron chi connectivity index (χ3n) is 6.20. The summed E-state index contributed by atoms with van der Waals surface area (Å²) in [4.78, 5) is 67.5. The van der Waals surface area contributed by atoms with E-state index in [2.05, 4.69) is 15.3 Å². The number of carboxylic acids is 3. The van der Waals surface area contributed by atoms with Gasteiger partial charge in [-0.15, -0.1) is 0 Å². The first-order valence-corrected chi connectivity index (χ1v) is 12.0. The third kappa shape index (κ3) is 7.28. The first-order chi connectivity index (χ1) is 18.9. The molecular formula is C25H28N6O9. The highest BCUT2D eigenvalue weighted by Gasteiger charge is 2.36. The van der Waals surface area contributed by atoms with Crippen LogP contribution in [0, 0.1) is 5.92 Å². The number of aliphatic carboxylic acids is 3. The lowest BCUT2D eigenvalue weighted by atomic mass is 9.89. The summed E-state index contributed by atoms with van der Waals surface area (Å²) in [6.45, 7) is 0.